The largest absolute Gasteiger partial charge is 0.488 e. The van der Waals surface area contributed by atoms with Gasteiger partial charge in [-0.15, -0.1) is 0 Å². The molecule has 5 rings (SSSR count). The molecule has 2 aromatic carbocycles. The first-order chi connectivity index (χ1) is 22.1. The SMILES string of the molecule is CC(C)(C)OC(=O)NC1(C(=O)NC(C#N)Cc2ccc3c(c2)OCc2ccc(C4CCN(C(=O)OC(C)(C)C)C4)cc2-3)CCOCC1. The average Bonchev–Trinajstić information content (AvgIpc) is 3.50. The quantitative estimate of drug-likeness (QED) is 0.414. The molecule has 0 aliphatic carbocycles. The number of hydrogen-bond acceptors (Lipinski definition) is 8. The van der Waals surface area contributed by atoms with Crippen molar-refractivity contribution in [3.05, 3.63) is 53.1 Å². The summed E-state index contributed by atoms with van der Waals surface area (Å²) in [6.07, 6.45) is 0.690. The lowest BCUT2D eigenvalue weighted by atomic mass is 9.88. The van der Waals surface area contributed by atoms with Crippen molar-refractivity contribution in [2.24, 2.45) is 0 Å². The average molecular weight is 647 g/mol. The Hall–Kier alpha value is -4.30. The van der Waals surface area contributed by atoms with Crippen LogP contribution >= 0.6 is 0 Å². The Balaban J connectivity index is 1.27. The lowest BCUT2D eigenvalue weighted by Gasteiger charge is -2.37. The van der Waals surface area contributed by atoms with E-state index in [9.17, 15) is 19.6 Å². The van der Waals surface area contributed by atoms with Crippen LogP contribution in [0.1, 0.15) is 83.4 Å². The molecule has 2 fully saturated rings. The predicted octanol–water partition coefficient (Wildman–Crippen LogP) is 5.60. The number of carbonyl (C=O) groups is 3. The van der Waals surface area contributed by atoms with Crippen molar-refractivity contribution in [2.75, 3.05) is 26.3 Å². The first-order valence-electron chi connectivity index (χ1n) is 16.3. The summed E-state index contributed by atoms with van der Waals surface area (Å²) in [6, 6.07) is 13.6. The normalized spacial score (nSPS) is 19.3. The standard InChI is InChI=1S/C36H46N4O7/c1-34(2,3)46-32(42)39-36(12-15-44-16-13-36)31(41)38-27(20-37)17-23-7-10-28-29-19-24(8-9-26(29)22-45-30(28)18-23)25-11-14-40(21-25)33(43)47-35(4,5)6/h7-10,18-19,25,27H,11-17,21-22H2,1-6H3,(H,38,41)(H,39,42). The number of rotatable bonds is 6. The zero-order chi connectivity index (χ0) is 34.0. The second-order valence-electron chi connectivity index (χ2n) is 14.6. The van der Waals surface area contributed by atoms with Crippen LogP contribution in [0.4, 0.5) is 9.59 Å². The molecule has 2 atom stereocenters. The van der Waals surface area contributed by atoms with Crippen molar-refractivity contribution >= 4 is 18.1 Å². The molecule has 0 radical (unpaired) electrons. The molecular formula is C36H46N4O7. The van der Waals surface area contributed by atoms with Gasteiger partial charge in [0.05, 0.1) is 6.07 Å². The summed E-state index contributed by atoms with van der Waals surface area (Å²) in [4.78, 5) is 40.6. The van der Waals surface area contributed by atoms with Crippen molar-refractivity contribution in [1.82, 2.24) is 15.5 Å². The topological polar surface area (TPSA) is 139 Å². The fourth-order valence-corrected chi connectivity index (χ4v) is 6.23. The van der Waals surface area contributed by atoms with Crippen LogP contribution in [0.15, 0.2) is 36.4 Å². The lowest BCUT2D eigenvalue weighted by Crippen LogP contribution is -2.63. The van der Waals surface area contributed by atoms with E-state index in [1.807, 2.05) is 39.0 Å². The monoisotopic (exact) mass is 646 g/mol. The molecule has 252 valence electrons. The van der Waals surface area contributed by atoms with Gasteiger partial charge in [-0.25, -0.2) is 9.59 Å². The van der Waals surface area contributed by atoms with E-state index in [1.54, 1.807) is 25.7 Å². The van der Waals surface area contributed by atoms with Crippen LogP contribution in [-0.4, -0.2) is 72.1 Å². The number of nitrogens with one attached hydrogen (secondary N) is 2. The Kier molecular flexibility index (Phi) is 9.73. The number of nitriles is 1. The molecule has 0 spiro atoms. The Morgan fingerprint density at radius 1 is 1.02 bits per heavy atom. The van der Waals surface area contributed by atoms with Gasteiger partial charge >= 0.3 is 12.2 Å². The highest BCUT2D eigenvalue weighted by Gasteiger charge is 2.43. The Labute approximate surface area is 276 Å². The smallest absolute Gasteiger partial charge is 0.410 e. The molecule has 0 bridgehead atoms. The number of likely N-dealkylation sites (tertiary alicyclic amines) is 1. The zero-order valence-corrected chi connectivity index (χ0v) is 28.2. The van der Waals surface area contributed by atoms with Gasteiger partial charge in [0.1, 0.15) is 35.1 Å². The molecule has 2 unspecified atom stereocenters. The van der Waals surface area contributed by atoms with E-state index in [-0.39, 0.29) is 31.3 Å². The molecule has 0 saturated carbocycles. The van der Waals surface area contributed by atoms with Gasteiger partial charge in [0.15, 0.2) is 0 Å². The lowest BCUT2D eigenvalue weighted by molar-refractivity contribution is -0.132. The number of alkyl carbamates (subject to hydrolysis) is 1. The zero-order valence-electron chi connectivity index (χ0n) is 28.2. The number of fused-ring (bicyclic) bond motifs is 3. The van der Waals surface area contributed by atoms with Gasteiger partial charge in [-0.1, -0.05) is 30.3 Å². The molecular weight excluding hydrogens is 600 g/mol. The van der Waals surface area contributed by atoms with Crippen LogP contribution < -0.4 is 15.4 Å². The number of nitrogens with zero attached hydrogens (tertiary/aromatic N) is 2. The van der Waals surface area contributed by atoms with E-state index in [4.69, 9.17) is 18.9 Å². The summed E-state index contributed by atoms with van der Waals surface area (Å²) in [5.74, 6) is 0.484. The number of ether oxygens (including phenoxy) is 4. The van der Waals surface area contributed by atoms with Crippen molar-refractivity contribution in [3.8, 4) is 22.9 Å². The fraction of sp³-hybridized carbons (Fsp3) is 0.556. The van der Waals surface area contributed by atoms with Gasteiger partial charge < -0.3 is 34.5 Å². The maximum Gasteiger partial charge on any atom is 0.410 e. The third-order valence-corrected chi connectivity index (χ3v) is 8.59. The maximum atomic E-state index is 13.6. The van der Waals surface area contributed by atoms with Crippen LogP contribution in [0, 0.1) is 11.3 Å². The third-order valence-electron chi connectivity index (χ3n) is 8.59. The summed E-state index contributed by atoms with van der Waals surface area (Å²) in [7, 11) is 0. The molecule has 0 aromatic heterocycles. The van der Waals surface area contributed by atoms with Gasteiger partial charge in [-0.05, 0) is 76.3 Å². The van der Waals surface area contributed by atoms with E-state index in [0.29, 0.717) is 38.7 Å². The Morgan fingerprint density at radius 2 is 1.74 bits per heavy atom. The van der Waals surface area contributed by atoms with Crippen molar-refractivity contribution < 1.29 is 33.3 Å². The molecule has 2 aromatic rings. The molecule has 3 aliphatic heterocycles. The van der Waals surface area contributed by atoms with Gasteiger partial charge in [0, 0.05) is 57.0 Å². The van der Waals surface area contributed by atoms with E-state index >= 15 is 0 Å². The first-order valence-corrected chi connectivity index (χ1v) is 16.3. The third kappa shape index (κ3) is 8.35. The van der Waals surface area contributed by atoms with E-state index in [0.717, 1.165) is 28.7 Å². The van der Waals surface area contributed by atoms with E-state index < -0.39 is 34.8 Å². The van der Waals surface area contributed by atoms with E-state index in [2.05, 4.69) is 34.9 Å². The van der Waals surface area contributed by atoms with Crippen LogP contribution in [0.3, 0.4) is 0 Å². The molecule has 3 amide bonds. The van der Waals surface area contributed by atoms with Gasteiger partial charge in [0.2, 0.25) is 5.91 Å². The molecule has 2 saturated heterocycles. The van der Waals surface area contributed by atoms with Crippen LogP contribution in [0.2, 0.25) is 0 Å². The van der Waals surface area contributed by atoms with Crippen LogP contribution in [0.5, 0.6) is 5.75 Å². The van der Waals surface area contributed by atoms with Crippen molar-refractivity contribution in [1.29, 1.82) is 5.26 Å². The highest BCUT2D eigenvalue weighted by Crippen LogP contribution is 2.41. The molecule has 11 heteroatoms. The second kappa shape index (κ2) is 13.4. The molecule has 11 nitrogen and oxygen atoms in total. The van der Waals surface area contributed by atoms with Gasteiger partial charge in [-0.3, -0.25) is 4.79 Å². The number of hydrogen-bond donors (Lipinski definition) is 2. The fourth-order valence-electron chi connectivity index (χ4n) is 6.23. The Bertz CT molecular complexity index is 1550. The van der Waals surface area contributed by atoms with Crippen LogP contribution in [-0.2, 0) is 32.0 Å². The molecule has 2 N–H and O–H groups in total. The maximum absolute atomic E-state index is 13.6. The minimum absolute atomic E-state index is 0.210. The summed E-state index contributed by atoms with van der Waals surface area (Å²) in [5.41, 5.74) is 2.63. The van der Waals surface area contributed by atoms with E-state index in [1.165, 1.54) is 5.56 Å². The summed E-state index contributed by atoms with van der Waals surface area (Å²) in [5, 5.41) is 15.6. The minimum Gasteiger partial charge on any atom is -0.488 e. The molecule has 47 heavy (non-hydrogen) atoms. The predicted molar refractivity (Wildman–Crippen MR) is 175 cm³/mol. The van der Waals surface area contributed by atoms with Gasteiger partial charge in [0.25, 0.3) is 0 Å². The van der Waals surface area contributed by atoms with Crippen molar-refractivity contribution in [3.63, 3.8) is 0 Å². The van der Waals surface area contributed by atoms with Crippen LogP contribution in [0.25, 0.3) is 11.1 Å². The molecule has 3 heterocycles. The first kappa shape index (κ1) is 34.0. The Morgan fingerprint density at radius 3 is 2.43 bits per heavy atom. The van der Waals surface area contributed by atoms with Gasteiger partial charge in [-0.2, -0.15) is 5.26 Å². The number of benzene rings is 2. The highest BCUT2D eigenvalue weighted by molar-refractivity contribution is 5.90. The summed E-state index contributed by atoms with van der Waals surface area (Å²) in [6.45, 7) is 13.2. The molecule has 3 aliphatic rings. The highest BCUT2D eigenvalue weighted by atomic mass is 16.6. The second-order valence-corrected chi connectivity index (χ2v) is 14.6. The minimum atomic E-state index is -1.24. The summed E-state index contributed by atoms with van der Waals surface area (Å²) >= 11 is 0. The number of carbonyl (C=O) groups excluding carboxylic acids is 3. The summed E-state index contributed by atoms with van der Waals surface area (Å²) < 4.78 is 22.6. The number of amides is 3. The van der Waals surface area contributed by atoms with Crippen molar-refractivity contribution in [2.45, 2.75) is 103 Å².